The molecule has 0 N–H and O–H groups in total. The van der Waals surface area contributed by atoms with Gasteiger partial charge in [0.1, 0.15) is 6.26 Å². The molecule has 0 aromatic carbocycles. The van der Waals surface area contributed by atoms with Crippen molar-refractivity contribution in [2.45, 2.75) is 20.0 Å². The Morgan fingerprint density at radius 2 is 2.33 bits per heavy atom. The monoisotopic (exact) mass is 170 g/mol. The number of esters is 1. The molecule has 1 radical (unpaired) electrons. The molecule has 0 spiro atoms. The van der Waals surface area contributed by atoms with Gasteiger partial charge in [-0.15, -0.1) is 0 Å². The molecule has 0 bridgehead atoms. The second-order valence-electron chi connectivity index (χ2n) is 2.49. The van der Waals surface area contributed by atoms with Gasteiger partial charge in [-0.05, 0) is 19.0 Å². The highest BCUT2D eigenvalue weighted by Gasteiger charge is 2.18. The quantitative estimate of drug-likeness (QED) is 0.628. The van der Waals surface area contributed by atoms with Crippen molar-refractivity contribution in [3.05, 3.63) is 11.8 Å². The highest BCUT2D eigenvalue weighted by atomic mass is 16.5. The largest absolute Gasteiger partial charge is 0.459 e. The molecule has 5 heteroatoms. The predicted octanol–water partition coefficient (Wildman–Crippen LogP) is 1.38. The zero-order chi connectivity index (χ0) is 9.14. The van der Waals surface area contributed by atoms with E-state index in [9.17, 15) is 9.90 Å². The average molecular weight is 170 g/mol. The third-order valence-electron chi connectivity index (χ3n) is 1.10. The van der Waals surface area contributed by atoms with Crippen molar-refractivity contribution in [1.82, 2.24) is 5.16 Å². The molecule has 0 fully saturated rings. The molecule has 5 nitrogen and oxygen atoms in total. The summed E-state index contributed by atoms with van der Waals surface area (Å²) >= 11 is 0. The SMILES string of the molecule is CC(C)OC(=O)c1conc1[O]. The molecule has 1 rings (SSSR count). The number of nitrogens with zero attached hydrogens (tertiary/aromatic N) is 1. The third-order valence-corrected chi connectivity index (χ3v) is 1.10. The van der Waals surface area contributed by atoms with Gasteiger partial charge < -0.3 is 9.26 Å². The van der Waals surface area contributed by atoms with E-state index in [0.29, 0.717) is 0 Å². The van der Waals surface area contributed by atoms with Crippen molar-refractivity contribution in [3.8, 4) is 5.88 Å². The summed E-state index contributed by atoms with van der Waals surface area (Å²) in [6.45, 7) is 3.38. The topological polar surface area (TPSA) is 72.2 Å². The summed E-state index contributed by atoms with van der Waals surface area (Å²) in [5.41, 5.74) is -0.163. The molecule has 0 aliphatic heterocycles. The van der Waals surface area contributed by atoms with Crippen LogP contribution in [0.4, 0.5) is 0 Å². The standard InChI is InChI=1S/C7H8NO4/c1-4(2)12-7(10)5-3-11-8-6(5)9/h3-4H,1-2H3. The van der Waals surface area contributed by atoms with E-state index in [1.807, 2.05) is 0 Å². The summed E-state index contributed by atoms with van der Waals surface area (Å²) in [7, 11) is 0. The number of hydrogen-bond donors (Lipinski definition) is 0. The van der Waals surface area contributed by atoms with Crippen LogP contribution < -0.4 is 0 Å². The van der Waals surface area contributed by atoms with Crippen LogP contribution in [0, 0.1) is 0 Å². The number of hydrogen-bond acceptors (Lipinski definition) is 4. The molecule has 1 heterocycles. The number of rotatable bonds is 2. The van der Waals surface area contributed by atoms with Crippen LogP contribution in [0.3, 0.4) is 0 Å². The lowest BCUT2D eigenvalue weighted by Crippen LogP contribution is -2.10. The number of ether oxygens (including phenoxy) is 1. The number of carbonyl (C=O) groups is 1. The molecule has 0 saturated heterocycles. The molecule has 0 atom stereocenters. The maximum atomic E-state index is 11.0. The van der Waals surface area contributed by atoms with Crippen LogP contribution in [0.15, 0.2) is 10.8 Å². The van der Waals surface area contributed by atoms with Crippen LogP contribution >= 0.6 is 0 Å². The fourth-order valence-corrected chi connectivity index (χ4v) is 0.639. The van der Waals surface area contributed by atoms with E-state index in [1.54, 1.807) is 13.8 Å². The van der Waals surface area contributed by atoms with Crippen LogP contribution in [-0.4, -0.2) is 17.2 Å². The van der Waals surface area contributed by atoms with E-state index in [1.165, 1.54) is 0 Å². The fraction of sp³-hybridized carbons (Fsp3) is 0.429. The second kappa shape index (κ2) is 3.25. The molecule has 0 amide bonds. The highest BCUT2D eigenvalue weighted by Crippen LogP contribution is 2.15. The summed E-state index contributed by atoms with van der Waals surface area (Å²) in [5, 5.41) is 13.8. The summed E-state index contributed by atoms with van der Waals surface area (Å²) in [6, 6.07) is 0. The van der Waals surface area contributed by atoms with Crippen molar-refractivity contribution in [1.29, 1.82) is 0 Å². The van der Waals surface area contributed by atoms with Gasteiger partial charge in [-0.2, -0.15) is 0 Å². The Kier molecular flexibility index (Phi) is 2.32. The molecule has 1 aromatic heterocycles. The normalized spacial score (nSPS) is 10.2. The fourth-order valence-electron chi connectivity index (χ4n) is 0.639. The minimum Gasteiger partial charge on any atom is -0.459 e. The molecule has 0 aliphatic carbocycles. The van der Waals surface area contributed by atoms with Crippen molar-refractivity contribution in [2.24, 2.45) is 0 Å². The van der Waals surface area contributed by atoms with Crippen molar-refractivity contribution < 1.29 is 19.2 Å². The van der Waals surface area contributed by atoms with Gasteiger partial charge in [0.2, 0.25) is 0 Å². The molecular formula is C7H8NO4. The first-order chi connectivity index (χ1) is 5.61. The maximum Gasteiger partial charge on any atom is 0.347 e. The molecule has 0 unspecified atom stereocenters. The summed E-state index contributed by atoms with van der Waals surface area (Å²) < 4.78 is 9.02. The van der Waals surface area contributed by atoms with E-state index in [4.69, 9.17) is 4.74 Å². The van der Waals surface area contributed by atoms with Crippen molar-refractivity contribution >= 4 is 5.97 Å². The Labute approximate surface area is 68.9 Å². The molecule has 0 saturated carbocycles. The Morgan fingerprint density at radius 1 is 1.67 bits per heavy atom. The highest BCUT2D eigenvalue weighted by molar-refractivity contribution is 5.91. The molecule has 0 aliphatic rings. The van der Waals surface area contributed by atoms with E-state index < -0.39 is 11.8 Å². The van der Waals surface area contributed by atoms with E-state index in [0.717, 1.165) is 6.26 Å². The molecule has 65 valence electrons. The summed E-state index contributed by atoms with van der Waals surface area (Å²) in [5.74, 6) is -1.39. The molecule has 12 heavy (non-hydrogen) atoms. The van der Waals surface area contributed by atoms with Gasteiger partial charge in [0, 0.05) is 0 Å². The van der Waals surface area contributed by atoms with E-state index in [-0.39, 0.29) is 11.7 Å². The first-order valence-corrected chi connectivity index (χ1v) is 3.43. The number of carbonyl (C=O) groups excluding carboxylic acids is 1. The lowest BCUT2D eigenvalue weighted by atomic mass is 10.3. The number of aromatic nitrogens is 1. The first kappa shape index (κ1) is 8.58. The van der Waals surface area contributed by atoms with Gasteiger partial charge in [0.05, 0.1) is 6.10 Å². The summed E-state index contributed by atoms with van der Waals surface area (Å²) in [4.78, 5) is 11.0. The zero-order valence-electron chi connectivity index (χ0n) is 6.73. The lowest BCUT2D eigenvalue weighted by Gasteiger charge is -2.04. The zero-order valence-corrected chi connectivity index (χ0v) is 6.73. The smallest absolute Gasteiger partial charge is 0.347 e. The van der Waals surface area contributed by atoms with Crippen LogP contribution in [0.2, 0.25) is 0 Å². The van der Waals surface area contributed by atoms with Crippen LogP contribution in [0.1, 0.15) is 24.2 Å². The van der Waals surface area contributed by atoms with E-state index >= 15 is 0 Å². The average Bonchev–Trinajstić information content (AvgIpc) is 2.33. The minimum atomic E-state index is -0.698. The van der Waals surface area contributed by atoms with Crippen LogP contribution in [0.5, 0.6) is 5.88 Å². The molecular weight excluding hydrogens is 162 g/mol. The Balaban J connectivity index is 2.72. The van der Waals surface area contributed by atoms with Gasteiger partial charge in [0.15, 0.2) is 5.56 Å². The van der Waals surface area contributed by atoms with Gasteiger partial charge in [-0.25, -0.2) is 4.79 Å². The third kappa shape index (κ3) is 1.75. The predicted molar refractivity (Wildman–Crippen MR) is 37.2 cm³/mol. The Bertz CT molecular complexity index is 279. The van der Waals surface area contributed by atoms with Crippen molar-refractivity contribution in [2.75, 3.05) is 0 Å². The Morgan fingerprint density at radius 3 is 2.75 bits per heavy atom. The molecule has 1 aromatic rings. The van der Waals surface area contributed by atoms with Crippen LogP contribution in [-0.2, 0) is 9.84 Å². The van der Waals surface area contributed by atoms with Gasteiger partial charge in [-0.3, -0.25) is 5.11 Å². The van der Waals surface area contributed by atoms with Gasteiger partial charge >= 0.3 is 11.8 Å². The Hall–Kier alpha value is -1.52. The van der Waals surface area contributed by atoms with Crippen molar-refractivity contribution in [3.63, 3.8) is 0 Å². The maximum absolute atomic E-state index is 11.0. The van der Waals surface area contributed by atoms with Gasteiger partial charge in [0.25, 0.3) is 0 Å². The van der Waals surface area contributed by atoms with E-state index in [2.05, 4.69) is 9.68 Å². The van der Waals surface area contributed by atoms with Crippen LogP contribution in [0.25, 0.3) is 0 Å². The lowest BCUT2D eigenvalue weighted by molar-refractivity contribution is 0.0372. The second-order valence-corrected chi connectivity index (χ2v) is 2.49. The minimum absolute atomic E-state index is 0.163. The van der Waals surface area contributed by atoms with Gasteiger partial charge in [-0.1, -0.05) is 0 Å². The summed E-state index contributed by atoms with van der Waals surface area (Å²) in [6.07, 6.45) is 0.722. The first-order valence-electron chi connectivity index (χ1n) is 3.43.